The number of carbonyl (C=O) groups excluding carboxylic acids is 4. The zero-order valence-electron chi connectivity index (χ0n) is 63.7. The molecule has 4 N–H and O–H groups in total. The number of aliphatic hydroxyl groups is 2. The van der Waals surface area contributed by atoms with Gasteiger partial charge in [-0.2, -0.15) is 0 Å². The number of amides is 4. The molecule has 10 nitrogen and oxygen atoms in total. The lowest BCUT2D eigenvalue weighted by Crippen LogP contribution is -2.42. The first-order valence-corrected chi connectivity index (χ1v) is 39.3. The van der Waals surface area contributed by atoms with E-state index in [9.17, 15) is 10.2 Å². The predicted octanol–water partition coefficient (Wildman–Crippen LogP) is 23.9. The average Bonchev–Trinajstić information content (AvgIpc) is 1.23. The summed E-state index contributed by atoms with van der Waals surface area (Å²) in [5, 5.41) is 43.0. The molecule has 13 aromatic rings. The number of rotatable bonds is 12. The van der Waals surface area contributed by atoms with E-state index < -0.39 is 12.5 Å². The molecule has 538 valence electrons. The number of nitrogens with one attached hydrogen (secondary N) is 2. The Balaban J connectivity index is 0.602. The number of allylic oxidation sites excluding steroid dienone is 8. The second-order valence-corrected chi connectivity index (χ2v) is 34.0. The van der Waals surface area contributed by atoms with Crippen molar-refractivity contribution in [3.63, 3.8) is 0 Å². The summed E-state index contributed by atoms with van der Waals surface area (Å²) >= 11 is 0. The molecular formula is C100H82N4O6. The highest BCUT2D eigenvalue weighted by Crippen LogP contribution is 2.64. The lowest BCUT2D eigenvalue weighted by molar-refractivity contribution is 0.0877. The average molecular weight is 1440 g/mol. The van der Waals surface area contributed by atoms with Gasteiger partial charge in [0.15, 0.2) is 0 Å². The maximum Gasteiger partial charge on any atom is 0.266 e. The van der Waals surface area contributed by atoms with Crippen molar-refractivity contribution in [2.45, 2.75) is 119 Å². The Hall–Kier alpha value is -11.8. The molecule has 0 bridgehead atoms. The minimum Gasteiger partial charge on any atom is -0.374 e. The van der Waals surface area contributed by atoms with Crippen molar-refractivity contribution in [2.24, 2.45) is 23.7 Å². The van der Waals surface area contributed by atoms with Gasteiger partial charge in [-0.15, -0.1) is 0 Å². The Kier molecular flexibility index (Phi) is 14.1. The molecular weight excluding hydrogens is 1350 g/mol. The van der Waals surface area contributed by atoms with E-state index in [4.69, 9.17) is 0 Å². The minimum absolute atomic E-state index is 0.0204. The molecule has 2 heterocycles. The second kappa shape index (κ2) is 23.4. The van der Waals surface area contributed by atoms with Crippen LogP contribution in [0.25, 0.3) is 144 Å². The fraction of sp³-hybridized carbons (Fsp3) is 0.220. The van der Waals surface area contributed by atoms with Gasteiger partial charge in [0.25, 0.3) is 23.6 Å². The topological polar surface area (TPSA) is 139 Å². The van der Waals surface area contributed by atoms with Gasteiger partial charge in [-0.3, -0.25) is 19.2 Å². The predicted molar refractivity (Wildman–Crippen MR) is 455 cm³/mol. The quantitative estimate of drug-likeness (QED) is 0.0410. The Labute approximate surface area is 638 Å². The SMILES string of the molecule is CC(C)c1cc(NC(O)C(C)C)cc(C(C)C)c1N1C(=O)c2ccc3c4c(ccc(c24)C1=O)C1=CC=C2c4cc5cc6c(cc5cc4C4=CC=C3C1C42)C=Cc1cc2cc3c(cc2cc1C=C6)-c1ccc2c4ccc5c6c(ccc(c7ccc-3c1c72)c64)C(=O)N(c1c(C(C)C)cc(NC(O)C(C)C)cc1C(C)C)C5=O. The largest absolute Gasteiger partial charge is 0.374 e. The number of benzene rings is 13. The van der Waals surface area contributed by atoms with E-state index in [0.29, 0.717) is 39.0 Å². The van der Waals surface area contributed by atoms with Crippen LogP contribution < -0.4 is 20.4 Å². The summed E-state index contributed by atoms with van der Waals surface area (Å²) in [5.74, 6) is -1.31. The van der Waals surface area contributed by atoms with E-state index in [2.05, 4.69) is 212 Å². The summed E-state index contributed by atoms with van der Waals surface area (Å²) in [6, 6.07) is 52.3. The molecule has 10 heteroatoms. The van der Waals surface area contributed by atoms with Crippen molar-refractivity contribution in [2.75, 3.05) is 20.4 Å². The van der Waals surface area contributed by atoms with E-state index in [0.717, 1.165) is 105 Å². The molecule has 0 fully saturated rings. The highest BCUT2D eigenvalue weighted by atomic mass is 16.3. The number of hydrogen-bond acceptors (Lipinski definition) is 8. The van der Waals surface area contributed by atoms with E-state index in [-0.39, 0.29) is 71.0 Å². The zero-order valence-corrected chi connectivity index (χ0v) is 63.7. The highest BCUT2D eigenvalue weighted by molar-refractivity contribution is 6.44. The summed E-state index contributed by atoms with van der Waals surface area (Å²) in [6.07, 6.45) is 16.9. The third-order valence-corrected chi connectivity index (χ3v) is 25.6. The van der Waals surface area contributed by atoms with Crippen molar-refractivity contribution in [1.29, 1.82) is 0 Å². The van der Waals surface area contributed by atoms with E-state index in [1.54, 1.807) is 0 Å². The Bertz CT molecular complexity index is 6400. The van der Waals surface area contributed by atoms with E-state index in [1.807, 2.05) is 76.2 Å². The summed E-state index contributed by atoms with van der Waals surface area (Å²) in [5.41, 5.74) is 27.5. The van der Waals surface area contributed by atoms with Gasteiger partial charge in [-0.1, -0.05) is 180 Å². The van der Waals surface area contributed by atoms with Crippen molar-refractivity contribution < 1.29 is 29.4 Å². The number of hydrogen-bond donors (Lipinski definition) is 4. The minimum atomic E-state index is -0.763. The van der Waals surface area contributed by atoms with Gasteiger partial charge in [-0.25, -0.2) is 9.80 Å². The lowest BCUT2D eigenvalue weighted by atomic mass is 9.62. The van der Waals surface area contributed by atoms with Crippen molar-refractivity contribution >= 4 is 168 Å². The Morgan fingerprint density at radius 2 is 0.545 bits per heavy atom. The molecule has 2 atom stereocenters. The van der Waals surface area contributed by atoms with Crippen molar-refractivity contribution in [1.82, 2.24) is 0 Å². The van der Waals surface area contributed by atoms with Gasteiger partial charge in [0.05, 0.1) is 11.4 Å². The summed E-state index contributed by atoms with van der Waals surface area (Å²) in [6.45, 7) is 24.5. The molecule has 21 rings (SSSR count). The van der Waals surface area contributed by atoms with Crippen LogP contribution in [0.1, 0.15) is 215 Å². The molecule has 0 saturated carbocycles. The number of nitrogens with zero attached hydrogens (tertiary/aromatic N) is 2. The summed E-state index contributed by atoms with van der Waals surface area (Å²) in [7, 11) is 0. The number of anilines is 4. The number of fused-ring (bicyclic) bond motifs is 14. The van der Waals surface area contributed by atoms with Gasteiger partial charge in [0.1, 0.15) is 12.5 Å². The van der Waals surface area contributed by atoms with Crippen molar-refractivity contribution in [3.05, 3.63) is 259 Å². The van der Waals surface area contributed by atoms with Crippen LogP contribution in [-0.2, 0) is 0 Å². The highest BCUT2D eigenvalue weighted by Gasteiger charge is 2.49. The molecule has 0 saturated heterocycles. The molecule has 110 heavy (non-hydrogen) atoms. The van der Waals surface area contributed by atoms with Crippen LogP contribution in [0, 0.1) is 23.7 Å². The molecule has 8 aliphatic rings. The molecule has 2 unspecified atom stereocenters. The van der Waals surface area contributed by atoms with E-state index >= 15 is 19.2 Å². The maximum absolute atomic E-state index is 15.3. The normalized spacial score (nSPS) is 17.4. The van der Waals surface area contributed by atoms with Crippen LogP contribution in [0.4, 0.5) is 22.7 Å². The van der Waals surface area contributed by atoms with Gasteiger partial charge in [-0.05, 0) is 309 Å². The lowest BCUT2D eigenvalue weighted by Gasteiger charge is -2.41. The van der Waals surface area contributed by atoms with Gasteiger partial charge in [0, 0.05) is 56.2 Å². The Morgan fingerprint density at radius 1 is 0.291 bits per heavy atom. The monoisotopic (exact) mass is 1430 g/mol. The number of carbonyl (C=O) groups is 4. The smallest absolute Gasteiger partial charge is 0.266 e. The van der Waals surface area contributed by atoms with Crippen LogP contribution in [0.2, 0.25) is 0 Å². The van der Waals surface area contributed by atoms with Crippen LogP contribution in [-0.4, -0.2) is 46.3 Å². The first kappa shape index (κ1) is 66.4. The molecule has 4 amide bonds. The summed E-state index contributed by atoms with van der Waals surface area (Å²) < 4.78 is 0. The van der Waals surface area contributed by atoms with Crippen LogP contribution in [0.15, 0.2) is 170 Å². The van der Waals surface area contributed by atoms with Gasteiger partial charge in [0.2, 0.25) is 0 Å². The molecule has 0 radical (unpaired) electrons. The maximum atomic E-state index is 15.3. The van der Waals surface area contributed by atoms with Gasteiger partial charge >= 0.3 is 0 Å². The fourth-order valence-corrected chi connectivity index (χ4v) is 20.1. The molecule has 0 spiro atoms. The third kappa shape index (κ3) is 9.06. The molecule has 2 aliphatic heterocycles. The summed E-state index contributed by atoms with van der Waals surface area (Å²) in [4.78, 5) is 64.1. The van der Waals surface area contributed by atoms with Gasteiger partial charge < -0.3 is 20.8 Å². The molecule has 13 aromatic carbocycles. The molecule has 0 aromatic heterocycles. The standard InChI is InChI=1S/C100H82N4O6/c1-45(2)77-41-59(101-95(105)49(9)10)42-78(46(3)4)93(77)103-97(107)73-29-25-65-61-17-21-69-81-37-55-33-51-13-15-53-35-57-39-83-71-23-19-63-67-27-31-75-92-76(100(110)104(99(75)109)94-79(47(5)6)43-60(44-80(94)48(7)8)102-96(106)50(11)12)32-28-68(88(67)92)64-20-24-72(90(71)86(63)64)84(83)40-58(57)36-54(53)16-14-52(51)34-56(55)38-82(81)70-22-18-62(85(61)89(69)70)66-26-30-74(98(103)108)91(73)87(65)66/h13-50,85,89,95-96,101-102,105-106H,1-12H3. The number of aliphatic hydroxyl groups excluding tert-OH is 2. The third-order valence-electron chi connectivity index (χ3n) is 25.6. The fourth-order valence-electron chi connectivity index (χ4n) is 20.1. The van der Waals surface area contributed by atoms with Crippen LogP contribution >= 0.6 is 0 Å². The Morgan fingerprint density at radius 3 is 0.855 bits per heavy atom. The van der Waals surface area contributed by atoms with Crippen molar-refractivity contribution in [3.8, 4) is 22.3 Å². The van der Waals surface area contributed by atoms with Crippen LogP contribution in [0.3, 0.4) is 0 Å². The first-order valence-electron chi connectivity index (χ1n) is 39.3. The van der Waals surface area contributed by atoms with Crippen LogP contribution in [0.5, 0.6) is 0 Å². The van der Waals surface area contributed by atoms with E-state index in [1.165, 1.54) is 97.8 Å². The number of imide groups is 2. The zero-order chi connectivity index (χ0) is 75.5. The first-order chi connectivity index (χ1) is 53.0. The molecule has 6 aliphatic carbocycles. The second-order valence-electron chi connectivity index (χ2n) is 34.0.